The zero-order chi connectivity index (χ0) is 36.2. The Morgan fingerprint density at radius 2 is 1.75 bits per heavy atom. The smallest absolute Gasteiger partial charge is 0.440 e. The van der Waals surface area contributed by atoms with Gasteiger partial charge in [0.1, 0.15) is 11.8 Å². The maximum atomic E-state index is 15.3. The molecule has 0 aliphatic carbocycles. The van der Waals surface area contributed by atoms with Crippen molar-refractivity contribution in [3.8, 4) is 5.75 Å². The van der Waals surface area contributed by atoms with Crippen molar-refractivity contribution in [2.45, 2.75) is 22.8 Å². The number of nitrogens with one attached hydrogen (secondary N) is 2. The molecule has 1 unspecified atom stereocenters. The number of carbonyl (C=O) groups excluding carboxylic acids is 2. The fourth-order valence-corrected chi connectivity index (χ4v) is 7.97. The van der Waals surface area contributed by atoms with Crippen LogP contribution in [0.25, 0.3) is 33.8 Å². The zero-order valence-corrected chi connectivity index (χ0v) is 27.6. The first-order chi connectivity index (χ1) is 24.4. The van der Waals surface area contributed by atoms with E-state index in [9.17, 15) is 9.59 Å². The van der Waals surface area contributed by atoms with Crippen LogP contribution in [0.15, 0.2) is 119 Å². The second-order valence-corrected chi connectivity index (χ2v) is 13.5. The van der Waals surface area contributed by atoms with Crippen molar-refractivity contribution >= 4 is 65.1 Å². The lowest BCUT2D eigenvalue weighted by atomic mass is 10.1. The van der Waals surface area contributed by atoms with E-state index in [1.54, 1.807) is 66.9 Å². The molecular formula is C36H32N5O5PS. The first kappa shape index (κ1) is 29.0. The molecule has 1 amide bonds. The predicted molar refractivity (Wildman–Crippen MR) is 189 cm³/mol. The molecule has 242 valence electrons. The van der Waals surface area contributed by atoms with Crippen molar-refractivity contribution in [3.05, 3.63) is 126 Å². The number of esters is 1. The minimum absolute atomic E-state index is 0.171. The SMILES string of the molecule is [2H]C([2H])([2H])NC(=O)c1ccccc1Sc1ccc2c(/C=C/c3ccccn3)nn(P(=O)(N[C@@H](C)C(=O)OC)Oc3cccc4ccccc34)c2c1. The fourth-order valence-electron chi connectivity index (χ4n) is 5.07. The molecule has 4 aromatic carbocycles. The molecule has 0 fully saturated rings. The number of rotatable bonds is 11. The molecular weight excluding hydrogens is 645 g/mol. The molecule has 2 N–H and O–H groups in total. The van der Waals surface area contributed by atoms with Gasteiger partial charge >= 0.3 is 13.6 Å². The average molecular weight is 681 g/mol. The highest BCUT2D eigenvalue weighted by molar-refractivity contribution is 7.99. The standard InChI is InChI=1S/C36H32N5O5PS/c1-24(36(43)45-3)40-47(44,46-33-16-10-12-25-11-4-5-14-28(25)33)41-32-23-27(48-34-17-7-6-15-30(34)35(42)37-2)19-20-29(32)31(39-41)21-18-26-13-8-9-22-38-26/h4-24H,1-3H3,(H,37,42)(H,40,44)/b21-18+/t24-,47?/m0/s1/i2D3. The molecule has 6 rings (SSSR count). The van der Waals surface area contributed by atoms with Crippen LogP contribution in [-0.2, 0) is 14.1 Å². The first-order valence-corrected chi connectivity index (χ1v) is 17.2. The van der Waals surface area contributed by atoms with Crippen LogP contribution in [0.2, 0.25) is 0 Å². The quantitative estimate of drug-likeness (QED) is 0.106. The number of amides is 1. The third kappa shape index (κ3) is 6.89. The Morgan fingerprint density at radius 1 is 0.958 bits per heavy atom. The van der Waals surface area contributed by atoms with E-state index in [4.69, 9.17) is 18.5 Å². The van der Waals surface area contributed by atoms with Crippen LogP contribution in [0.3, 0.4) is 0 Å². The summed E-state index contributed by atoms with van der Waals surface area (Å²) in [6.07, 6.45) is 5.18. The summed E-state index contributed by atoms with van der Waals surface area (Å²) in [7, 11) is -3.09. The molecule has 0 radical (unpaired) electrons. The number of hydrogen-bond donors (Lipinski definition) is 2. The number of ether oxygens (including phenoxy) is 1. The average Bonchev–Trinajstić information content (AvgIpc) is 3.49. The van der Waals surface area contributed by atoms with Crippen LogP contribution in [-0.4, -0.2) is 46.5 Å². The summed E-state index contributed by atoms with van der Waals surface area (Å²) in [6.45, 7) is -1.15. The molecule has 0 spiro atoms. The van der Waals surface area contributed by atoms with Crippen molar-refractivity contribution in [3.63, 3.8) is 0 Å². The maximum Gasteiger partial charge on any atom is 0.440 e. The van der Waals surface area contributed by atoms with E-state index in [1.165, 1.54) is 36.3 Å². The Labute approximate surface area is 285 Å². The largest absolute Gasteiger partial charge is 0.468 e. The summed E-state index contributed by atoms with van der Waals surface area (Å²) in [5.41, 5.74) is 1.67. The number of benzene rings is 4. The van der Waals surface area contributed by atoms with Gasteiger partial charge in [0.2, 0.25) is 0 Å². The number of fused-ring (bicyclic) bond motifs is 2. The Kier molecular flexibility index (Phi) is 8.61. The second-order valence-electron chi connectivity index (χ2n) is 10.6. The molecule has 0 saturated carbocycles. The topological polar surface area (TPSA) is 124 Å². The second kappa shape index (κ2) is 14.3. The highest BCUT2D eigenvalue weighted by Crippen LogP contribution is 2.49. The van der Waals surface area contributed by atoms with Gasteiger partial charge in [0, 0.05) is 37.8 Å². The number of nitrogens with zero attached hydrogens (tertiary/aromatic N) is 3. The van der Waals surface area contributed by atoms with Gasteiger partial charge in [-0.25, -0.2) is 9.65 Å². The van der Waals surface area contributed by atoms with Crippen LogP contribution in [0.5, 0.6) is 5.75 Å². The minimum atomic E-state index is -4.32. The van der Waals surface area contributed by atoms with E-state index in [2.05, 4.69) is 10.1 Å². The molecule has 2 atom stereocenters. The van der Waals surface area contributed by atoms with Crippen molar-refractivity contribution in [1.82, 2.24) is 24.9 Å². The van der Waals surface area contributed by atoms with Crippen molar-refractivity contribution in [1.29, 1.82) is 0 Å². The molecule has 12 heteroatoms. The van der Waals surface area contributed by atoms with Gasteiger partial charge in [-0.2, -0.15) is 9.55 Å². The normalized spacial score (nSPS) is 14.5. The number of methoxy groups -OCH3 is 1. The lowest BCUT2D eigenvalue weighted by molar-refractivity contribution is -0.142. The summed E-state index contributed by atoms with van der Waals surface area (Å²) >= 11 is 1.21. The molecule has 2 aromatic heterocycles. The minimum Gasteiger partial charge on any atom is -0.468 e. The Hall–Kier alpha value is -5.22. The van der Waals surface area contributed by atoms with Gasteiger partial charge in [-0.1, -0.05) is 66.4 Å². The molecule has 48 heavy (non-hydrogen) atoms. The summed E-state index contributed by atoms with van der Waals surface area (Å²) in [6, 6.07) is 29.3. The Morgan fingerprint density at radius 3 is 2.56 bits per heavy atom. The molecule has 0 saturated heterocycles. The molecule has 10 nitrogen and oxygen atoms in total. The highest BCUT2D eigenvalue weighted by Gasteiger charge is 2.36. The molecule has 0 bridgehead atoms. The summed E-state index contributed by atoms with van der Waals surface area (Å²) in [5, 5.41) is 11.9. The molecule has 0 aliphatic heterocycles. The van der Waals surface area contributed by atoms with E-state index >= 15 is 4.57 Å². The van der Waals surface area contributed by atoms with Crippen LogP contribution in [0.4, 0.5) is 0 Å². The number of carbonyl (C=O) groups is 2. The van der Waals surface area contributed by atoms with E-state index < -0.39 is 32.6 Å². The summed E-state index contributed by atoms with van der Waals surface area (Å²) in [4.78, 5) is 31.0. The number of hydrogen-bond acceptors (Lipinski definition) is 8. The highest BCUT2D eigenvalue weighted by atomic mass is 32.2. The van der Waals surface area contributed by atoms with Gasteiger partial charge in [0.05, 0.1) is 29.6 Å². The van der Waals surface area contributed by atoms with Gasteiger partial charge in [-0.05, 0) is 73.0 Å². The van der Waals surface area contributed by atoms with Crippen molar-refractivity contribution in [2.24, 2.45) is 0 Å². The van der Waals surface area contributed by atoms with E-state index in [-0.39, 0.29) is 5.56 Å². The van der Waals surface area contributed by atoms with E-state index in [0.29, 0.717) is 43.2 Å². The lowest BCUT2D eigenvalue weighted by Gasteiger charge is -2.24. The molecule has 0 aliphatic rings. The van der Waals surface area contributed by atoms with Gasteiger partial charge < -0.3 is 14.6 Å². The third-order valence-corrected chi connectivity index (χ3v) is 10.4. The van der Waals surface area contributed by atoms with Crippen LogP contribution in [0, 0.1) is 0 Å². The summed E-state index contributed by atoms with van der Waals surface area (Å²) < 4.78 is 50.3. The van der Waals surface area contributed by atoms with Gasteiger partial charge in [-0.15, -0.1) is 0 Å². The Balaban J connectivity index is 1.51. The monoisotopic (exact) mass is 680 g/mol. The number of pyridine rings is 1. The van der Waals surface area contributed by atoms with Gasteiger partial charge in [0.15, 0.2) is 0 Å². The van der Waals surface area contributed by atoms with Crippen molar-refractivity contribution < 1.29 is 27.5 Å². The molecule has 6 aromatic rings. The van der Waals surface area contributed by atoms with Crippen LogP contribution in [0.1, 0.15) is 32.8 Å². The molecule has 2 heterocycles. The van der Waals surface area contributed by atoms with E-state index in [0.717, 1.165) is 5.39 Å². The summed E-state index contributed by atoms with van der Waals surface area (Å²) in [5.74, 6) is -1.11. The third-order valence-electron chi connectivity index (χ3n) is 7.37. The van der Waals surface area contributed by atoms with Crippen molar-refractivity contribution in [2.75, 3.05) is 14.1 Å². The van der Waals surface area contributed by atoms with Crippen LogP contribution < -0.4 is 14.9 Å². The fraction of sp³-hybridized carbons (Fsp3) is 0.111. The predicted octanol–water partition coefficient (Wildman–Crippen LogP) is 7.45. The van der Waals surface area contributed by atoms with Crippen LogP contribution >= 0.6 is 19.4 Å². The number of aromatic nitrogens is 3. The lowest BCUT2D eigenvalue weighted by Crippen LogP contribution is -2.36. The van der Waals surface area contributed by atoms with Gasteiger partial charge in [-0.3, -0.25) is 14.6 Å². The Bertz CT molecular complexity index is 2310. The van der Waals surface area contributed by atoms with Gasteiger partial charge in [0.25, 0.3) is 5.91 Å². The first-order valence-electron chi connectivity index (χ1n) is 16.3. The maximum absolute atomic E-state index is 15.3. The van der Waals surface area contributed by atoms with E-state index in [1.807, 2.05) is 53.8 Å². The zero-order valence-electron chi connectivity index (χ0n) is 28.9.